The lowest BCUT2D eigenvalue weighted by atomic mass is 10.2. The van der Waals surface area contributed by atoms with Crippen molar-refractivity contribution >= 4 is 29.3 Å². The van der Waals surface area contributed by atoms with E-state index in [0.717, 1.165) is 36.8 Å². The number of thioether (sulfide) groups is 1. The minimum Gasteiger partial charge on any atom is -0.360 e. The SMILES string of the molecule is CCNC(=NCc1ccc(N2CCNC(=O)C2)cc1)NCC(C)Sc1ccccc1. The van der Waals surface area contributed by atoms with E-state index >= 15 is 0 Å². The Kier molecular flexibility index (Phi) is 8.44. The number of guanidine groups is 1. The zero-order chi connectivity index (χ0) is 21.2. The molecule has 7 heteroatoms. The number of carbonyl (C=O) groups is 1. The number of nitrogens with one attached hydrogen (secondary N) is 3. The maximum atomic E-state index is 11.6. The molecule has 0 saturated carbocycles. The highest BCUT2D eigenvalue weighted by atomic mass is 32.2. The molecule has 0 aromatic heterocycles. The first-order valence-corrected chi connectivity index (χ1v) is 11.4. The van der Waals surface area contributed by atoms with Gasteiger partial charge in [0.15, 0.2) is 5.96 Å². The van der Waals surface area contributed by atoms with E-state index < -0.39 is 0 Å². The number of nitrogens with zero attached hydrogens (tertiary/aromatic N) is 2. The molecule has 3 rings (SSSR count). The van der Waals surface area contributed by atoms with Gasteiger partial charge >= 0.3 is 0 Å². The molecule has 1 aliphatic heterocycles. The highest BCUT2D eigenvalue weighted by molar-refractivity contribution is 8.00. The Morgan fingerprint density at radius 1 is 1.17 bits per heavy atom. The van der Waals surface area contributed by atoms with Crippen LogP contribution in [0, 0.1) is 0 Å². The summed E-state index contributed by atoms with van der Waals surface area (Å²) in [5.41, 5.74) is 2.22. The number of anilines is 1. The minimum atomic E-state index is 0.0796. The molecule has 1 aliphatic rings. The van der Waals surface area contributed by atoms with Crippen LogP contribution >= 0.6 is 11.8 Å². The van der Waals surface area contributed by atoms with Crippen molar-refractivity contribution in [3.63, 3.8) is 0 Å². The van der Waals surface area contributed by atoms with E-state index in [0.29, 0.717) is 24.9 Å². The molecule has 30 heavy (non-hydrogen) atoms. The van der Waals surface area contributed by atoms with Gasteiger partial charge in [-0.1, -0.05) is 37.3 Å². The van der Waals surface area contributed by atoms with Gasteiger partial charge in [-0.3, -0.25) is 4.79 Å². The summed E-state index contributed by atoms with van der Waals surface area (Å²) in [5.74, 6) is 0.908. The summed E-state index contributed by atoms with van der Waals surface area (Å²) in [6.07, 6.45) is 0. The highest BCUT2D eigenvalue weighted by Gasteiger charge is 2.16. The Hall–Kier alpha value is -2.67. The van der Waals surface area contributed by atoms with Crippen LogP contribution in [0.15, 0.2) is 64.5 Å². The molecule has 1 atom stereocenters. The van der Waals surface area contributed by atoms with Gasteiger partial charge in [-0.2, -0.15) is 0 Å². The van der Waals surface area contributed by atoms with Crippen LogP contribution in [0.5, 0.6) is 0 Å². The smallest absolute Gasteiger partial charge is 0.239 e. The van der Waals surface area contributed by atoms with Crippen molar-refractivity contribution in [2.75, 3.05) is 37.6 Å². The molecule has 1 fully saturated rings. The first-order chi connectivity index (χ1) is 14.6. The fraction of sp³-hybridized carbons (Fsp3) is 0.391. The van der Waals surface area contributed by atoms with Crippen molar-refractivity contribution in [3.8, 4) is 0 Å². The van der Waals surface area contributed by atoms with Crippen molar-refractivity contribution in [3.05, 3.63) is 60.2 Å². The number of aliphatic imine (C=N–C) groups is 1. The topological polar surface area (TPSA) is 68.8 Å². The van der Waals surface area contributed by atoms with Crippen LogP contribution in [-0.4, -0.2) is 49.8 Å². The number of hydrogen-bond acceptors (Lipinski definition) is 4. The molecular weight excluding hydrogens is 394 g/mol. The van der Waals surface area contributed by atoms with E-state index in [9.17, 15) is 4.79 Å². The number of rotatable bonds is 8. The molecule has 0 spiro atoms. The Morgan fingerprint density at radius 3 is 2.63 bits per heavy atom. The summed E-state index contributed by atoms with van der Waals surface area (Å²) in [6, 6.07) is 18.8. The van der Waals surface area contributed by atoms with E-state index in [1.54, 1.807) is 0 Å². The summed E-state index contributed by atoms with van der Waals surface area (Å²) in [6.45, 7) is 8.52. The lowest BCUT2D eigenvalue weighted by Gasteiger charge is -2.28. The van der Waals surface area contributed by atoms with Crippen molar-refractivity contribution in [1.82, 2.24) is 16.0 Å². The van der Waals surface area contributed by atoms with E-state index in [-0.39, 0.29) is 5.91 Å². The molecule has 1 heterocycles. The largest absolute Gasteiger partial charge is 0.360 e. The third-order valence-corrected chi connectivity index (χ3v) is 5.85. The monoisotopic (exact) mass is 425 g/mol. The second kappa shape index (κ2) is 11.5. The second-order valence-electron chi connectivity index (χ2n) is 7.26. The Morgan fingerprint density at radius 2 is 1.93 bits per heavy atom. The second-order valence-corrected chi connectivity index (χ2v) is 8.77. The van der Waals surface area contributed by atoms with Crippen molar-refractivity contribution in [2.45, 2.75) is 30.5 Å². The molecule has 0 bridgehead atoms. The number of benzene rings is 2. The Balaban J connectivity index is 1.51. The average Bonchev–Trinajstić information content (AvgIpc) is 2.77. The number of piperazine rings is 1. The quantitative estimate of drug-likeness (QED) is 0.345. The number of hydrogen-bond donors (Lipinski definition) is 3. The molecule has 3 N–H and O–H groups in total. The van der Waals surface area contributed by atoms with Gasteiger partial charge in [-0.25, -0.2) is 4.99 Å². The van der Waals surface area contributed by atoms with Gasteiger partial charge in [0, 0.05) is 42.0 Å². The van der Waals surface area contributed by atoms with Gasteiger partial charge in [0.2, 0.25) is 5.91 Å². The van der Waals surface area contributed by atoms with Crippen LogP contribution in [0.2, 0.25) is 0 Å². The molecule has 0 aliphatic carbocycles. The standard InChI is InChI=1S/C23H31N5OS/c1-3-24-23(26-15-18(2)30-21-7-5-4-6-8-21)27-16-19-9-11-20(12-10-19)28-14-13-25-22(29)17-28/h4-12,18H,3,13-17H2,1-2H3,(H,25,29)(H2,24,26,27). The zero-order valence-electron chi connectivity index (χ0n) is 17.7. The molecule has 1 unspecified atom stereocenters. The van der Waals surface area contributed by atoms with Crippen LogP contribution in [0.25, 0.3) is 0 Å². The van der Waals surface area contributed by atoms with Crippen LogP contribution in [-0.2, 0) is 11.3 Å². The van der Waals surface area contributed by atoms with Gasteiger partial charge in [0.05, 0.1) is 13.1 Å². The summed E-state index contributed by atoms with van der Waals surface area (Å²) in [7, 11) is 0. The summed E-state index contributed by atoms with van der Waals surface area (Å²) < 4.78 is 0. The third kappa shape index (κ3) is 6.99. The zero-order valence-corrected chi connectivity index (χ0v) is 18.5. The van der Waals surface area contributed by atoms with Crippen molar-refractivity contribution in [2.24, 2.45) is 4.99 Å². The van der Waals surface area contributed by atoms with Crippen LogP contribution in [0.3, 0.4) is 0 Å². The van der Waals surface area contributed by atoms with Gasteiger partial charge in [0.25, 0.3) is 0 Å². The average molecular weight is 426 g/mol. The fourth-order valence-corrected chi connectivity index (χ4v) is 4.14. The highest BCUT2D eigenvalue weighted by Crippen LogP contribution is 2.22. The van der Waals surface area contributed by atoms with Crippen LogP contribution in [0.4, 0.5) is 5.69 Å². The van der Waals surface area contributed by atoms with Crippen LogP contribution < -0.4 is 20.9 Å². The molecule has 0 radical (unpaired) electrons. The number of carbonyl (C=O) groups excluding carboxylic acids is 1. The van der Waals surface area contributed by atoms with Crippen LogP contribution in [0.1, 0.15) is 19.4 Å². The van der Waals surface area contributed by atoms with E-state index in [1.165, 1.54) is 4.90 Å². The lowest BCUT2D eigenvalue weighted by molar-refractivity contribution is -0.120. The van der Waals surface area contributed by atoms with E-state index in [1.807, 2.05) is 17.8 Å². The summed E-state index contributed by atoms with van der Waals surface area (Å²) >= 11 is 1.86. The van der Waals surface area contributed by atoms with Gasteiger partial charge in [0.1, 0.15) is 0 Å². The Bertz CT molecular complexity index is 825. The lowest BCUT2D eigenvalue weighted by Crippen LogP contribution is -2.47. The first-order valence-electron chi connectivity index (χ1n) is 10.5. The third-order valence-electron chi connectivity index (χ3n) is 4.74. The molecular formula is C23H31N5OS. The minimum absolute atomic E-state index is 0.0796. The summed E-state index contributed by atoms with van der Waals surface area (Å²) in [4.78, 5) is 19.7. The maximum absolute atomic E-state index is 11.6. The van der Waals surface area contributed by atoms with E-state index in [2.05, 4.69) is 83.2 Å². The van der Waals surface area contributed by atoms with Gasteiger partial charge < -0.3 is 20.9 Å². The van der Waals surface area contributed by atoms with Gasteiger partial charge in [-0.15, -0.1) is 11.8 Å². The molecule has 160 valence electrons. The molecule has 6 nitrogen and oxygen atoms in total. The summed E-state index contributed by atoms with van der Waals surface area (Å²) in [5, 5.41) is 10.0. The Labute approximate surface area is 183 Å². The maximum Gasteiger partial charge on any atom is 0.239 e. The molecule has 2 aromatic rings. The van der Waals surface area contributed by atoms with Crippen molar-refractivity contribution < 1.29 is 4.79 Å². The number of amides is 1. The predicted molar refractivity (Wildman–Crippen MR) is 126 cm³/mol. The normalized spacial score (nSPS) is 15.5. The molecule has 1 saturated heterocycles. The molecule has 2 aromatic carbocycles. The molecule has 1 amide bonds. The fourth-order valence-electron chi connectivity index (χ4n) is 3.20. The predicted octanol–water partition coefficient (Wildman–Crippen LogP) is 2.86. The first kappa shape index (κ1) is 22.0. The van der Waals surface area contributed by atoms with E-state index in [4.69, 9.17) is 4.99 Å². The van der Waals surface area contributed by atoms with Crippen molar-refractivity contribution in [1.29, 1.82) is 0 Å². The van der Waals surface area contributed by atoms with Gasteiger partial charge in [-0.05, 0) is 36.8 Å².